The molecule has 8 heteroatoms. The smallest absolute Gasteiger partial charge is 0.252 e. The molecule has 1 unspecified atom stereocenters. The molecular formula is C22H29N3O5. The van der Waals surface area contributed by atoms with E-state index in [-0.39, 0.29) is 18.1 Å². The highest BCUT2D eigenvalue weighted by atomic mass is 16.5. The first-order valence-electron chi connectivity index (χ1n) is 10.1. The van der Waals surface area contributed by atoms with E-state index >= 15 is 0 Å². The molecule has 0 aliphatic carbocycles. The maximum Gasteiger partial charge on any atom is 0.252 e. The minimum Gasteiger partial charge on any atom is -0.490 e. The van der Waals surface area contributed by atoms with Gasteiger partial charge in [-0.2, -0.15) is 0 Å². The quantitative estimate of drug-likeness (QED) is 0.607. The number of primary amides is 1. The lowest BCUT2D eigenvalue weighted by atomic mass is 9.88. The van der Waals surface area contributed by atoms with Gasteiger partial charge in [-0.05, 0) is 57.7 Å². The number of ether oxygens (including phenoxy) is 2. The van der Waals surface area contributed by atoms with E-state index in [9.17, 15) is 14.7 Å². The van der Waals surface area contributed by atoms with Crippen molar-refractivity contribution in [3.63, 3.8) is 0 Å². The number of rotatable bonds is 8. The molecule has 30 heavy (non-hydrogen) atoms. The van der Waals surface area contributed by atoms with Crippen LogP contribution in [0.2, 0.25) is 0 Å². The zero-order valence-corrected chi connectivity index (χ0v) is 17.8. The Balaban J connectivity index is 1.75. The number of pyridine rings is 1. The maximum atomic E-state index is 12.1. The van der Waals surface area contributed by atoms with E-state index in [1.54, 1.807) is 38.2 Å². The van der Waals surface area contributed by atoms with Crippen molar-refractivity contribution in [2.24, 2.45) is 11.7 Å². The van der Waals surface area contributed by atoms with E-state index in [0.29, 0.717) is 42.0 Å². The van der Waals surface area contributed by atoms with Gasteiger partial charge in [0.05, 0.1) is 29.8 Å². The van der Waals surface area contributed by atoms with Gasteiger partial charge in [0.2, 0.25) is 11.8 Å². The summed E-state index contributed by atoms with van der Waals surface area (Å²) in [4.78, 5) is 28.2. The molecule has 2 atom stereocenters. The van der Waals surface area contributed by atoms with Crippen LogP contribution in [0.25, 0.3) is 10.8 Å². The van der Waals surface area contributed by atoms with Crippen molar-refractivity contribution in [2.75, 3.05) is 6.61 Å². The molecule has 0 bridgehead atoms. The maximum absolute atomic E-state index is 12.1. The van der Waals surface area contributed by atoms with Crippen LogP contribution in [0, 0.1) is 5.92 Å². The second-order valence-electron chi connectivity index (χ2n) is 8.50. The number of benzene rings is 1. The fraction of sp³-hybridized carbons (Fsp3) is 0.500. The number of nitrogens with one attached hydrogen (secondary N) is 1. The molecule has 1 aromatic heterocycles. The lowest BCUT2D eigenvalue weighted by Gasteiger charge is -2.22. The highest BCUT2D eigenvalue weighted by Crippen LogP contribution is 2.32. The van der Waals surface area contributed by atoms with Crippen LogP contribution in [0.5, 0.6) is 11.6 Å². The predicted octanol–water partition coefficient (Wildman–Crippen LogP) is 2.17. The lowest BCUT2D eigenvalue weighted by Crippen LogP contribution is -2.36. The molecule has 2 aromatic rings. The summed E-state index contributed by atoms with van der Waals surface area (Å²) in [5, 5.41) is 14.5. The first-order chi connectivity index (χ1) is 14.1. The number of amides is 2. The fourth-order valence-corrected chi connectivity index (χ4v) is 3.68. The van der Waals surface area contributed by atoms with Crippen LogP contribution in [0.4, 0.5) is 0 Å². The first-order valence-corrected chi connectivity index (χ1v) is 10.1. The predicted molar refractivity (Wildman–Crippen MR) is 112 cm³/mol. The van der Waals surface area contributed by atoms with Crippen molar-refractivity contribution in [3.8, 4) is 11.6 Å². The van der Waals surface area contributed by atoms with Crippen molar-refractivity contribution in [1.82, 2.24) is 10.3 Å². The molecule has 1 aliphatic rings. The molecule has 2 amide bonds. The highest BCUT2D eigenvalue weighted by Gasteiger charge is 2.40. The summed E-state index contributed by atoms with van der Waals surface area (Å²) in [7, 11) is 0. The van der Waals surface area contributed by atoms with Crippen LogP contribution < -0.4 is 20.5 Å². The lowest BCUT2D eigenvalue weighted by molar-refractivity contribution is -0.128. The number of aliphatic hydroxyl groups is 1. The summed E-state index contributed by atoms with van der Waals surface area (Å²) in [5.41, 5.74) is 4.76. The third kappa shape index (κ3) is 4.81. The second kappa shape index (κ2) is 8.47. The molecule has 1 saturated heterocycles. The minimum atomic E-state index is -1.05. The monoisotopic (exact) mass is 415 g/mol. The zero-order chi connectivity index (χ0) is 22.1. The van der Waals surface area contributed by atoms with Crippen molar-refractivity contribution in [2.45, 2.75) is 58.3 Å². The summed E-state index contributed by atoms with van der Waals surface area (Å²) < 4.78 is 11.7. The van der Waals surface area contributed by atoms with Crippen LogP contribution in [-0.2, 0) is 4.79 Å². The molecule has 1 aromatic carbocycles. The Hall–Kier alpha value is -2.87. The molecule has 1 fully saturated rings. The average molecular weight is 415 g/mol. The van der Waals surface area contributed by atoms with Gasteiger partial charge in [-0.1, -0.05) is 0 Å². The van der Waals surface area contributed by atoms with Gasteiger partial charge in [-0.15, -0.1) is 0 Å². The molecule has 0 radical (unpaired) electrons. The first kappa shape index (κ1) is 21.8. The molecule has 4 N–H and O–H groups in total. The van der Waals surface area contributed by atoms with E-state index in [2.05, 4.69) is 10.3 Å². The van der Waals surface area contributed by atoms with Gasteiger partial charge in [0, 0.05) is 24.0 Å². The number of carbonyl (C=O) groups is 2. The summed E-state index contributed by atoms with van der Waals surface area (Å²) in [5.74, 6) is -0.323. The zero-order valence-electron chi connectivity index (χ0n) is 17.8. The van der Waals surface area contributed by atoms with Gasteiger partial charge < -0.3 is 25.6 Å². The molecule has 0 saturated carbocycles. The van der Waals surface area contributed by atoms with Crippen molar-refractivity contribution < 1.29 is 24.2 Å². The van der Waals surface area contributed by atoms with Gasteiger partial charge in [0.1, 0.15) is 5.75 Å². The van der Waals surface area contributed by atoms with Crippen LogP contribution in [0.1, 0.15) is 50.9 Å². The number of hydrogen-bond donors (Lipinski definition) is 3. The number of nitrogens with two attached hydrogens (primary N) is 1. The van der Waals surface area contributed by atoms with Gasteiger partial charge in [0.15, 0.2) is 0 Å². The van der Waals surface area contributed by atoms with E-state index in [0.717, 1.165) is 5.39 Å². The second-order valence-corrected chi connectivity index (χ2v) is 8.50. The third-order valence-electron chi connectivity index (χ3n) is 5.20. The van der Waals surface area contributed by atoms with Crippen LogP contribution in [-0.4, -0.2) is 46.3 Å². The SMILES string of the molecule is CC(C)Oc1cc2c(OCC[C@@H]3CC(C(C)(C)O)C(=O)N3)nccc2cc1C(N)=O. The number of nitrogens with zero attached hydrogens (tertiary/aromatic N) is 1. The Morgan fingerprint density at radius 2 is 2.13 bits per heavy atom. The Labute approximate surface area is 175 Å². The Kier molecular flexibility index (Phi) is 6.17. The van der Waals surface area contributed by atoms with Crippen molar-refractivity contribution in [3.05, 3.63) is 30.0 Å². The topological polar surface area (TPSA) is 124 Å². The number of hydrogen-bond acceptors (Lipinski definition) is 6. The van der Waals surface area contributed by atoms with Crippen LogP contribution in [0.15, 0.2) is 24.4 Å². The average Bonchev–Trinajstić information content (AvgIpc) is 3.02. The molecule has 8 nitrogen and oxygen atoms in total. The summed E-state index contributed by atoms with van der Waals surface area (Å²) in [6.45, 7) is 7.37. The number of fused-ring (bicyclic) bond motifs is 1. The summed E-state index contributed by atoms with van der Waals surface area (Å²) in [6, 6.07) is 5.11. The molecule has 162 valence electrons. The number of aromatic nitrogens is 1. The Morgan fingerprint density at radius 1 is 1.40 bits per heavy atom. The van der Waals surface area contributed by atoms with Gasteiger partial charge in [-0.25, -0.2) is 4.98 Å². The largest absolute Gasteiger partial charge is 0.490 e. The van der Waals surface area contributed by atoms with E-state index in [1.807, 2.05) is 13.8 Å². The van der Waals surface area contributed by atoms with E-state index < -0.39 is 17.4 Å². The van der Waals surface area contributed by atoms with Crippen LogP contribution >= 0.6 is 0 Å². The summed E-state index contributed by atoms with van der Waals surface area (Å²) in [6.07, 6.45) is 2.62. The molecule has 3 rings (SSSR count). The van der Waals surface area contributed by atoms with Crippen molar-refractivity contribution in [1.29, 1.82) is 0 Å². The Bertz CT molecular complexity index is 952. The normalized spacial score (nSPS) is 19.2. The van der Waals surface area contributed by atoms with E-state index in [4.69, 9.17) is 15.2 Å². The number of carbonyl (C=O) groups excluding carboxylic acids is 2. The van der Waals surface area contributed by atoms with Crippen LogP contribution in [0.3, 0.4) is 0 Å². The molecule has 2 heterocycles. The Morgan fingerprint density at radius 3 is 2.73 bits per heavy atom. The molecular weight excluding hydrogens is 386 g/mol. The fourth-order valence-electron chi connectivity index (χ4n) is 3.68. The summed E-state index contributed by atoms with van der Waals surface area (Å²) >= 11 is 0. The standard InChI is InChI=1S/C22H29N3O5/c1-12(2)30-18-11-15-13(9-16(18)19(23)26)5-7-24-21(15)29-8-6-14-10-17(20(27)25-14)22(3,4)28/h5,7,9,11-12,14,17,28H,6,8,10H2,1-4H3,(H2,23,26)(H,25,27)/t14-,17?/m1/s1. The highest BCUT2D eigenvalue weighted by molar-refractivity contribution is 6.01. The van der Waals surface area contributed by atoms with Gasteiger partial charge >= 0.3 is 0 Å². The minimum absolute atomic E-state index is 0.0646. The molecule has 1 aliphatic heterocycles. The van der Waals surface area contributed by atoms with Crippen molar-refractivity contribution >= 4 is 22.6 Å². The van der Waals surface area contributed by atoms with Gasteiger partial charge in [-0.3, -0.25) is 9.59 Å². The van der Waals surface area contributed by atoms with Gasteiger partial charge in [0.25, 0.3) is 5.91 Å². The molecule has 0 spiro atoms. The third-order valence-corrected chi connectivity index (χ3v) is 5.20. The van der Waals surface area contributed by atoms with E-state index in [1.165, 1.54) is 0 Å².